The van der Waals surface area contributed by atoms with Gasteiger partial charge in [-0.25, -0.2) is 0 Å². The monoisotopic (exact) mass is 422 g/mol. The molecule has 0 aliphatic carbocycles. The Morgan fingerprint density at radius 2 is 1.55 bits per heavy atom. The SMILES string of the molecule is C=CC(C)(C)C(C(=O)c1ccccc1)C(=O)c1c(OC)c(OC)c2occc2c1OC. The predicted octanol–water partition coefficient (Wildman–Crippen LogP) is 5.35. The summed E-state index contributed by atoms with van der Waals surface area (Å²) in [4.78, 5) is 27.6. The van der Waals surface area contributed by atoms with Crippen molar-refractivity contribution in [2.24, 2.45) is 11.3 Å². The number of Topliss-reactive ketones (excluding diaryl/α,β-unsaturated/α-hetero) is 2. The van der Waals surface area contributed by atoms with Gasteiger partial charge in [-0.05, 0) is 11.5 Å². The van der Waals surface area contributed by atoms with Crippen molar-refractivity contribution >= 4 is 22.5 Å². The predicted molar refractivity (Wildman–Crippen MR) is 118 cm³/mol. The summed E-state index contributed by atoms with van der Waals surface area (Å²) in [7, 11) is 4.34. The average Bonchev–Trinajstić information content (AvgIpc) is 3.27. The van der Waals surface area contributed by atoms with E-state index >= 15 is 0 Å². The van der Waals surface area contributed by atoms with Crippen molar-refractivity contribution in [1.82, 2.24) is 0 Å². The van der Waals surface area contributed by atoms with E-state index < -0.39 is 17.1 Å². The summed E-state index contributed by atoms with van der Waals surface area (Å²) in [6.45, 7) is 7.46. The van der Waals surface area contributed by atoms with Gasteiger partial charge in [0.05, 0.1) is 38.9 Å². The van der Waals surface area contributed by atoms with Crippen LogP contribution in [0.25, 0.3) is 11.0 Å². The number of furan rings is 1. The third-order valence-corrected chi connectivity index (χ3v) is 5.49. The first-order valence-electron chi connectivity index (χ1n) is 9.78. The smallest absolute Gasteiger partial charge is 0.205 e. The fraction of sp³-hybridized carbons (Fsp3) is 0.280. The summed E-state index contributed by atoms with van der Waals surface area (Å²) in [5.74, 6) is -1.16. The summed E-state index contributed by atoms with van der Waals surface area (Å²) < 4.78 is 22.2. The first-order valence-corrected chi connectivity index (χ1v) is 9.78. The minimum atomic E-state index is -1.07. The van der Waals surface area contributed by atoms with Crippen molar-refractivity contribution in [3.8, 4) is 17.2 Å². The van der Waals surface area contributed by atoms with E-state index in [1.54, 1.807) is 50.3 Å². The molecule has 1 atom stereocenters. The van der Waals surface area contributed by atoms with Crippen LogP contribution >= 0.6 is 0 Å². The lowest BCUT2D eigenvalue weighted by Crippen LogP contribution is -2.37. The number of hydrogen-bond donors (Lipinski definition) is 0. The van der Waals surface area contributed by atoms with Gasteiger partial charge in [-0.2, -0.15) is 0 Å². The molecule has 0 bridgehead atoms. The standard InChI is InChI=1S/C25H26O6/c1-7-25(2,3)18(19(26)15-11-9-8-10-12-15)20(27)17-21(28-4)16-13-14-31-22(16)24(30-6)23(17)29-5/h7-14,18H,1H2,2-6H3. The molecule has 6 heteroatoms. The molecule has 1 aromatic heterocycles. The van der Waals surface area contributed by atoms with Gasteiger partial charge in [-0.1, -0.05) is 50.3 Å². The second-order valence-electron chi connectivity index (χ2n) is 7.69. The Hall–Kier alpha value is -3.54. The van der Waals surface area contributed by atoms with Crippen molar-refractivity contribution < 1.29 is 28.2 Å². The van der Waals surface area contributed by atoms with E-state index in [-0.39, 0.29) is 28.6 Å². The lowest BCUT2D eigenvalue weighted by Gasteiger charge is -2.30. The van der Waals surface area contributed by atoms with Gasteiger partial charge in [0.25, 0.3) is 0 Å². The quantitative estimate of drug-likeness (QED) is 0.263. The van der Waals surface area contributed by atoms with Crippen LogP contribution in [0.4, 0.5) is 0 Å². The number of fused-ring (bicyclic) bond motifs is 1. The molecule has 0 amide bonds. The molecule has 0 spiro atoms. The molecule has 0 aliphatic heterocycles. The van der Waals surface area contributed by atoms with Crippen LogP contribution in [0.2, 0.25) is 0 Å². The van der Waals surface area contributed by atoms with Gasteiger partial charge in [0.15, 0.2) is 22.9 Å². The zero-order valence-electron chi connectivity index (χ0n) is 18.4. The maximum absolute atomic E-state index is 14.0. The van der Waals surface area contributed by atoms with Crippen LogP contribution in [0.1, 0.15) is 34.6 Å². The topological polar surface area (TPSA) is 75.0 Å². The minimum absolute atomic E-state index is 0.125. The third kappa shape index (κ3) is 3.69. The molecule has 0 saturated carbocycles. The maximum atomic E-state index is 14.0. The fourth-order valence-corrected chi connectivity index (χ4v) is 3.76. The van der Waals surface area contributed by atoms with Gasteiger partial charge in [0.2, 0.25) is 5.75 Å². The summed E-state index contributed by atoms with van der Waals surface area (Å²) in [5.41, 5.74) is 0.102. The second-order valence-corrected chi connectivity index (χ2v) is 7.69. The molecule has 0 saturated heterocycles. The molecular formula is C25H26O6. The number of methoxy groups -OCH3 is 3. The van der Waals surface area contributed by atoms with Crippen molar-refractivity contribution in [3.05, 3.63) is 66.4 Å². The highest BCUT2D eigenvalue weighted by Crippen LogP contribution is 2.48. The van der Waals surface area contributed by atoms with Crippen molar-refractivity contribution in [2.45, 2.75) is 13.8 Å². The lowest BCUT2D eigenvalue weighted by atomic mass is 9.71. The number of allylic oxidation sites excluding steroid dienone is 1. The average molecular weight is 422 g/mol. The number of rotatable bonds is 9. The Bertz CT molecular complexity index is 1120. The molecule has 6 nitrogen and oxygen atoms in total. The maximum Gasteiger partial charge on any atom is 0.205 e. The first kappa shape index (κ1) is 22.2. The molecule has 0 radical (unpaired) electrons. The van der Waals surface area contributed by atoms with Gasteiger partial charge in [0, 0.05) is 5.56 Å². The summed E-state index contributed by atoms with van der Waals surface area (Å²) in [6, 6.07) is 10.4. The Morgan fingerprint density at radius 1 is 0.935 bits per heavy atom. The van der Waals surface area contributed by atoms with Crippen LogP contribution in [0.5, 0.6) is 17.2 Å². The largest absolute Gasteiger partial charge is 0.495 e. The van der Waals surface area contributed by atoms with Crippen LogP contribution in [0, 0.1) is 11.3 Å². The van der Waals surface area contributed by atoms with E-state index in [9.17, 15) is 9.59 Å². The van der Waals surface area contributed by atoms with Crippen molar-refractivity contribution in [1.29, 1.82) is 0 Å². The number of ether oxygens (including phenoxy) is 3. The van der Waals surface area contributed by atoms with Gasteiger partial charge < -0.3 is 18.6 Å². The van der Waals surface area contributed by atoms with E-state index in [4.69, 9.17) is 18.6 Å². The van der Waals surface area contributed by atoms with E-state index in [0.717, 1.165) is 0 Å². The van der Waals surface area contributed by atoms with E-state index in [0.29, 0.717) is 16.5 Å². The molecule has 31 heavy (non-hydrogen) atoms. The van der Waals surface area contributed by atoms with Gasteiger partial charge in [0.1, 0.15) is 11.3 Å². The summed E-state index contributed by atoms with van der Waals surface area (Å²) in [6.07, 6.45) is 3.09. The molecule has 3 aromatic rings. The molecule has 162 valence electrons. The van der Waals surface area contributed by atoms with Gasteiger partial charge in [-0.15, -0.1) is 6.58 Å². The molecule has 0 N–H and O–H groups in total. The molecular weight excluding hydrogens is 396 g/mol. The van der Waals surface area contributed by atoms with E-state index in [1.165, 1.54) is 27.6 Å². The van der Waals surface area contributed by atoms with Crippen molar-refractivity contribution in [3.63, 3.8) is 0 Å². The van der Waals surface area contributed by atoms with Crippen molar-refractivity contribution in [2.75, 3.05) is 21.3 Å². The van der Waals surface area contributed by atoms with Crippen LogP contribution in [-0.2, 0) is 0 Å². The van der Waals surface area contributed by atoms with Crippen LogP contribution in [-0.4, -0.2) is 32.9 Å². The van der Waals surface area contributed by atoms with Crippen LogP contribution in [0.3, 0.4) is 0 Å². The number of carbonyl (C=O) groups is 2. The highest BCUT2D eigenvalue weighted by atomic mass is 16.5. The molecule has 0 fully saturated rings. The highest BCUT2D eigenvalue weighted by Gasteiger charge is 2.43. The van der Waals surface area contributed by atoms with Crippen LogP contribution in [0.15, 0.2) is 59.7 Å². The second kappa shape index (κ2) is 8.68. The molecule has 1 unspecified atom stereocenters. The molecule has 0 aliphatic rings. The van der Waals surface area contributed by atoms with Crippen LogP contribution < -0.4 is 14.2 Å². The zero-order valence-corrected chi connectivity index (χ0v) is 18.4. The molecule has 3 rings (SSSR count). The van der Waals surface area contributed by atoms with Gasteiger partial charge in [-0.3, -0.25) is 9.59 Å². The van der Waals surface area contributed by atoms with E-state index in [1.807, 2.05) is 6.07 Å². The summed E-state index contributed by atoms with van der Waals surface area (Å²) in [5, 5.41) is 0.547. The minimum Gasteiger partial charge on any atom is -0.495 e. The van der Waals surface area contributed by atoms with Gasteiger partial charge >= 0.3 is 0 Å². The third-order valence-electron chi connectivity index (χ3n) is 5.49. The number of carbonyl (C=O) groups excluding carboxylic acids is 2. The summed E-state index contributed by atoms with van der Waals surface area (Å²) >= 11 is 0. The Balaban J connectivity index is 2.32. The Labute approximate surface area is 181 Å². The fourth-order valence-electron chi connectivity index (χ4n) is 3.76. The highest BCUT2D eigenvalue weighted by molar-refractivity contribution is 6.20. The van der Waals surface area contributed by atoms with E-state index in [2.05, 4.69) is 6.58 Å². The Kier molecular flexibility index (Phi) is 6.20. The number of ketones is 2. The number of hydrogen-bond acceptors (Lipinski definition) is 6. The Morgan fingerprint density at radius 3 is 2.10 bits per heavy atom. The normalized spacial score (nSPS) is 12.3. The molecule has 2 aromatic carbocycles. The molecule has 1 heterocycles. The zero-order chi connectivity index (χ0) is 22.8. The number of benzene rings is 2. The first-order chi connectivity index (χ1) is 14.8. The lowest BCUT2D eigenvalue weighted by molar-refractivity contribution is 0.0716.